The van der Waals surface area contributed by atoms with Crippen LogP contribution in [0.5, 0.6) is 5.75 Å². The van der Waals surface area contributed by atoms with Crippen molar-refractivity contribution in [1.29, 1.82) is 0 Å². The highest BCUT2D eigenvalue weighted by molar-refractivity contribution is 5.61. The molecule has 0 atom stereocenters. The van der Waals surface area contributed by atoms with E-state index in [4.69, 9.17) is 0 Å². The molecule has 0 saturated heterocycles. The number of hydrogen-bond acceptors (Lipinski definition) is 2. The maximum absolute atomic E-state index is 13.2. The molecule has 0 saturated carbocycles. The number of aromatic hydroxyl groups is 1. The van der Waals surface area contributed by atoms with Crippen molar-refractivity contribution in [1.82, 2.24) is 9.55 Å². The van der Waals surface area contributed by atoms with Gasteiger partial charge in [0.2, 0.25) is 0 Å². The van der Waals surface area contributed by atoms with E-state index in [2.05, 4.69) is 4.98 Å². The molecule has 1 heterocycles. The molecule has 0 bridgehead atoms. The second-order valence-corrected chi connectivity index (χ2v) is 5.09. The van der Waals surface area contributed by atoms with E-state index in [1.165, 1.54) is 24.4 Å². The molecule has 0 aliphatic heterocycles. The van der Waals surface area contributed by atoms with Crippen LogP contribution in [0.2, 0.25) is 0 Å². The second-order valence-electron chi connectivity index (χ2n) is 5.09. The molecule has 3 aromatic rings. The van der Waals surface area contributed by atoms with Crippen LogP contribution in [-0.4, -0.2) is 14.7 Å². The first-order valence-corrected chi connectivity index (χ1v) is 6.91. The van der Waals surface area contributed by atoms with Crippen molar-refractivity contribution >= 4 is 0 Å². The standard InChI is InChI=1S/C17H13F3N2O/c18-17(19,20)15-7-2-1-6-14(15)16-21-8-9-22(16)11-12-4-3-5-13(23)10-12/h1-10,23H,11H2. The van der Waals surface area contributed by atoms with Gasteiger partial charge in [-0.15, -0.1) is 0 Å². The zero-order valence-corrected chi connectivity index (χ0v) is 12.0. The van der Waals surface area contributed by atoms with Gasteiger partial charge in [-0.1, -0.05) is 30.3 Å². The van der Waals surface area contributed by atoms with Crippen LogP contribution in [0.1, 0.15) is 11.1 Å². The van der Waals surface area contributed by atoms with Gasteiger partial charge in [-0.05, 0) is 23.8 Å². The third-order valence-corrected chi connectivity index (χ3v) is 3.45. The number of imidazole rings is 1. The molecule has 0 spiro atoms. The molecule has 0 aliphatic rings. The Hall–Kier alpha value is -2.76. The van der Waals surface area contributed by atoms with Crippen molar-refractivity contribution in [3.8, 4) is 17.1 Å². The third kappa shape index (κ3) is 3.21. The van der Waals surface area contributed by atoms with Crippen LogP contribution in [-0.2, 0) is 12.7 Å². The molecule has 0 unspecified atom stereocenters. The minimum absolute atomic E-state index is 0.0325. The lowest BCUT2D eigenvalue weighted by atomic mass is 10.1. The Morgan fingerprint density at radius 1 is 1.04 bits per heavy atom. The van der Waals surface area contributed by atoms with E-state index in [1.807, 2.05) is 0 Å². The minimum atomic E-state index is -4.45. The summed E-state index contributed by atoms with van der Waals surface area (Å²) in [6.07, 6.45) is -1.36. The van der Waals surface area contributed by atoms with Crippen molar-refractivity contribution in [3.63, 3.8) is 0 Å². The van der Waals surface area contributed by atoms with Crippen molar-refractivity contribution in [2.24, 2.45) is 0 Å². The summed E-state index contributed by atoms with van der Waals surface area (Å²) in [5.41, 5.74) is 0.0854. The molecule has 3 nitrogen and oxygen atoms in total. The number of alkyl halides is 3. The van der Waals surface area contributed by atoms with Crippen molar-refractivity contribution in [2.45, 2.75) is 12.7 Å². The Kier molecular flexibility index (Phi) is 3.82. The predicted molar refractivity (Wildman–Crippen MR) is 79.9 cm³/mol. The van der Waals surface area contributed by atoms with Crippen LogP contribution in [0.3, 0.4) is 0 Å². The van der Waals surface area contributed by atoms with Crippen LogP contribution in [0, 0.1) is 0 Å². The maximum atomic E-state index is 13.2. The summed E-state index contributed by atoms with van der Waals surface area (Å²) in [4.78, 5) is 4.08. The lowest BCUT2D eigenvalue weighted by Crippen LogP contribution is -2.09. The normalized spacial score (nSPS) is 11.6. The summed E-state index contributed by atoms with van der Waals surface area (Å²) in [6.45, 7) is 0.315. The smallest absolute Gasteiger partial charge is 0.417 e. The summed E-state index contributed by atoms with van der Waals surface area (Å²) in [6, 6.07) is 11.9. The van der Waals surface area contributed by atoms with Crippen LogP contribution in [0.15, 0.2) is 60.9 Å². The fraction of sp³-hybridized carbons (Fsp3) is 0.118. The lowest BCUT2D eigenvalue weighted by Gasteiger charge is -2.14. The zero-order chi connectivity index (χ0) is 16.4. The van der Waals surface area contributed by atoms with Gasteiger partial charge in [-0.2, -0.15) is 13.2 Å². The SMILES string of the molecule is Oc1cccc(Cn2ccnc2-c2ccccc2C(F)(F)F)c1. The van der Waals surface area contributed by atoms with Crippen molar-refractivity contribution < 1.29 is 18.3 Å². The molecule has 1 N–H and O–H groups in total. The highest BCUT2D eigenvalue weighted by Crippen LogP contribution is 2.36. The monoisotopic (exact) mass is 318 g/mol. The molecule has 3 rings (SSSR count). The average molecular weight is 318 g/mol. The maximum Gasteiger partial charge on any atom is 0.417 e. The first kappa shape index (κ1) is 15.1. The van der Waals surface area contributed by atoms with Gasteiger partial charge in [-0.3, -0.25) is 0 Å². The van der Waals surface area contributed by atoms with Gasteiger partial charge in [0, 0.05) is 24.5 Å². The topological polar surface area (TPSA) is 38.0 Å². The Bertz CT molecular complexity index is 824. The first-order chi connectivity index (χ1) is 10.9. The Morgan fingerprint density at radius 2 is 1.83 bits per heavy atom. The van der Waals surface area contributed by atoms with Gasteiger partial charge in [0.15, 0.2) is 0 Å². The Labute approximate surface area is 130 Å². The molecule has 118 valence electrons. The molecule has 0 radical (unpaired) electrons. The molecule has 1 aromatic heterocycles. The van der Waals surface area contributed by atoms with Crippen molar-refractivity contribution in [2.75, 3.05) is 0 Å². The van der Waals surface area contributed by atoms with Crippen LogP contribution in [0.4, 0.5) is 13.2 Å². The molecule has 0 aliphatic carbocycles. The summed E-state index contributed by atoms with van der Waals surface area (Å²) in [7, 11) is 0. The van der Waals surface area contributed by atoms with Gasteiger partial charge < -0.3 is 9.67 Å². The van der Waals surface area contributed by atoms with E-state index < -0.39 is 11.7 Å². The molecular weight excluding hydrogens is 305 g/mol. The van der Waals surface area contributed by atoms with E-state index in [0.717, 1.165) is 11.6 Å². The van der Waals surface area contributed by atoms with Gasteiger partial charge in [0.05, 0.1) is 5.56 Å². The molecule has 23 heavy (non-hydrogen) atoms. The molecule has 0 amide bonds. The van der Waals surface area contributed by atoms with Gasteiger partial charge in [0.25, 0.3) is 0 Å². The van der Waals surface area contributed by atoms with Crippen LogP contribution in [0.25, 0.3) is 11.4 Å². The molecule has 0 fully saturated rings. The highest BCUT2D eigenvalue weighted by Gasteiger charge is 2.34. The number of halogens is 3. The number of phenols is 1. The lowest BCUT2D eigenvalue weighted by molar-refractivity contribution is -0.137. The highest BCUT2D eigenvalue weighted by atomic mass is 19.4. The second kappa shape index (κ2) is 5.79. The summed E-state index contributed by atoms with van der Waals surface area (Å²) < 4.78 is 41.2. The number of benzene rings is 2. The average Bonchev–Trinajstić information content (AvgIpc) is 2.94. The summed E-state index contributed by atoms with van der Waals surface area (Å²) in [5.74, 6) is 0.348. The fourth-order valence-corrected chi connectivity index (χ4v) is 2.46. The van der Waals surface area contributed by atoms with Crippen molar-refractivity contribution in [3.05, 3.63) is 72.1 Å². The largest absolute Gasteiger partial charge is 0.508 e. The van der Waals surface area contributed by atoms with Gasteiger partial charge >= 0.3 is 6.18 Å². The number of rotatable bonds is 3. The molecule has 6 heteroatoms. The Balaban J connectivity index is 2.02. The van der Waals surface area contributed by atoms with E-state index >= 15 is 0 Å². The first-order valence-electron chi connectivity index (χ1n) is 6.91. The van der Waals surface area contributed by atoms with Gasteiger partial charge in [-0.25, -0.2) is 4.98 Å². The number of nitrogens with zero attached hydrogens (tertiary/aromatic N) is 2. The number of phenolic OH excluding ortho intramolecular Hbond substituents is 1. The van der Waals surface area contributed by atoms with E-state index in [-0.39, 0.29) is 17.1 Å². The zero-order valence-electron chi connectivity index (χ0n) is 12.0. The van der Waals surface area contributed by atoms with E-state index in [9.17, 15) is 18.3 Å². The molecule has 2 aromatic carbocycles. The predicted octanol–water partition coefficient (Wildman–Crippen LogP) is 4.32. The molecular formula is C17H13F3N2O. The fourth-order valence-electron chi connectivity index (χ4n) is 2.46. The minimum Gasteiger partial charge on any atom is -0.508 e. The third-order valence-electron chi connectivity index (χ3n) is 3.45. The van der Waals surface area contributed by atoms with Gasteiger partial charge in [0.1, 0.15) is 11.6 Å². The van der Waals surface area contributed by atoms with E-state index in [1.54, 1.807) is 35.0 Å². The summed E-state index contributed by atoms with van der Waals surface area (Å²) in [5, 5.41) is 9.51. The van der Waals surface area contributed by atoms with Crippen LogP contribution < -0.4 is 0 Å². The quantitative estimate of drug-likeness (QED) is 0.781. The number of hydrogen-bond donors (Lipinski definition) is 1. The number of aromatic nitrogens is 2. The Morgan fingerprint density at radius 3 is 2.57 bits per heavy atom. The van der Waals surface area contributed by atoms with E-state index in [0.29, 0.717) is 6.54 Å². The summed E-state index contributed by atoms with van der Waals surface area (Å²) >= 11 is 0. The van der Waals surface area contributed by atoms with Crippen LogP contribution >= 0.6 is 0 Å².